The van der Waals surface area contributed by atoms with Crippen LogP contribution in [0.5, 0.6) is 0 Å². The number of aryl methyl sites for hydroxylation is 2. The first-order valence-corrected chi connectivity index (χ1v) is 6.17. The van der Waals surface area contributed by atoms with E-state index in [2.05, 4.69) is 41.6 Å². The topological polar surface area (TPSA) is 55.9 Å². The van der Waals surface area contributed by atoms with Crippen molar-refractivity contribution >= 4 is 11.5 Å². The van der Waals surface area contributed by atoms with Crippen LogP contribution in [0.3, 0.4) is 0 Å². The molecule has 1 aromatic heterocycles. The summed E-state index contributed by atoms with van der Waals surface area (Å²) in [5.41, 5.74) is 8.91. The fourth-order valence-electron chi connectivity index (χ4n) is 2.03. The summed E-state index contributed by atoms with van der Waals surface area (Å²) in [4.78, 5) is 0. The summed E-state index contributed by atoms with van der Waals surface area (Å²) >= 11 is 0. The maximum Gasteiger partial charge on any atom is 0.147 e. The molecule has 96 valence electrons. The normalized spacial score (nSPS) is 12.4. The predicted octanol–water partition coefficient (Wildman–Crippen LogP) is 2.53. The van der Waals surface area contributed by atoms with Crippen molar-refractivity contribution in [3.05, 3.63) is 41.6 Å². The Morgan fingerprint density at radius 3 is 2.56 bits per heavy atom. The van der Waals surface area contributed by atoms with E-state index in [9.17, 15) is 0 Å². The van der Waals surface area contributed by atoms with E-state index in [1.807, 2.05) is 20.0 Å². The number of aromatic nitrogens is 2. The number of hydrogen-bond acceptors (Lipinski definition) is 3. The fourth-order valence-corrected chi connectivity index (χ4v) is 2.03. The molecule has 0 aliphatic heterocycles. The van der Waals surface area contributed by atoms with Gasteiger partial charge in [0.15, 0.2) is 0 Å². The molecule has 1 unspecified atom stereocenters. The molecule has 2 rings (SSSR count). The number of rotatable bonds is 4. The highest BCUT2D eigenvalue weighted by Gasteiger charge is 2.11. The van der Waals surface area contributed by atoms with Gasteiger partial charge in [-0.25, -0.2) is 0 Å². The number of nitrogens with one attached hydrogen (secondary N) is 1. The molecule has 3 N–H and O–H groups in total. The van der Waals surface area contributed by atoms with Gasteiger partial charge in [0.25, 0.3) is 0 Å². The Balaban J connectivity index is 2.04. The second-order valence-corrected chi connectivity index (χ2v) is 4.66. The van der Waals surface area contributed by atoms with E-state index in [0.29, 0.717) is 5.92 Å². The lowest BCUT2D eigenvalue weighted by Gasteiger charge is -2.14. The maximum absolute atomic E-state index is 5.98. The molecular weight excluding hydrogens is 224 g/mol. The third-order valence-electron chi connectivity index (χ3n) is 3.21. The number of benzene rings is 1. The Bertz CT molecular complexity index is 516. The number of nitrogens with zero attached hydrogens (tertiary/aromatic N) is 2. The van der Waals surface area contributed by atoms with Crippen LogP contribution in [0, 0.1) is 6.92 Å². The smallest absolute Gasteiger partial charge is 0.147 e. The van der Waals surface area contributed by atoms with E-state index in [0.717, 1.165) is 23.7 Å². The molecule has 4 nitrogen and oxygen atoms in total. The zero-order valence-corrected chi connectivity index (χ0v) is 11.1. The monoisotopic (exact) mass is 244 g/mol. The molecule has 0 saturated carbocycles. The van der Waals surface area contributed by atoms with Gasteiger partial charge >= 0.3 is 0 Å². The first kappa shape index (κ1) is 12.5. The lowest BCUT2D eigenvalue weighted by atomic mass is 10.0. The maximum atomic E-state index is 5.98. The third kappa shape index (κ3) is 2.47. The molecule has 0 amide bonds. The largest absolute Gasteiger partial charge is 0.394 e. The van der Waals surface area contributed by atoms with Crippen LogP contribution in [0.2, 0.25) is 0 Å². The summed E-state index contributed by atoms with van der Waals surface area (Å²) in [6.07, 6.45) is 0. The van der Waals surface area contributed by atoms with Crippen molar-refractivity contribution in [1.29, 1.82) is 0 Å². The van der Waals surface area contributed by atoms with Gasteiger partial charge in [0.1, 0.15) is 5.82 Å². The fraction of sp³-hybridized carbons (Fsp3) is 0.357. The van der Waals surface area contributed by atoms with Crippen LogP contribution in [0.25, 0.3) is 0 Å². The van der Waals surface area contributed by atoms with Gasteiger partial charge in [-0.05, 0) is 18.4 Å². The summed E-state index contributed by atoms with van der Waals surface area (Å²) in [6, 6.07) is 10.4. The number of anilines is 2. The highest BCUT2D eigenvalue weighted by molar-refractivity contribution is 5.64. The highest BCUT2D eigenvalue weighted by atomic mass is 15.3. The summed E-state index contributed by atoms with van der Waals surface area (Å²) in [6.45, 7) is 4.95. The second-order valence-electron chi connectivity index (χ2n) is 4.66. The van der Waals surface area contributed by atoms with E-state index in [4.69, 9.17) is 5.73 Å². The number of nitrogens with two attached hydrogens (primary N) is 1. The average Bonchev–Trinajstić information content (AvgIpc) is 2.62. The zero-order valence-electron chi connectivity index (χ0n) is 11.1. The summed E-state index contributed by atoms with van der Waals surface area (Å²) in [7, 11) is 1.90. The van der Waals surface area contributed by atoms with Gasteiger partial charge < -0.3 is 11.1 Å². The van der Waals surface area contributed by atoms with Gasteiger partial charge in [-0.15, -0.1) is 0 Å². The van der Waals surface area contributed by atoms with Crippen molar-refractivity contribution in [3.63, 3.8) is 0 Å². The lowest BCUT2D eigenvalue weighted by Crippen LogP contribution is -2.13. The molecule has 0 spiro atoms. The molecule has 0 saturated heterocycles. The molecule has 0 fully saturated rings. The van der Waals surface area contributed by atoms with Gasteiger partial charge in [0.05, 0.1) is 11.4 Å². The van der Waals surface area contributed by atoms with Crippen molar-refractivity contribution in [1.82, 2.24) is 9.78 Å². The van der Waals surface area contributed by atoms with Gasteiger partial charge in [0, 0.05) is 13.6 Å². The molecule has 4 heteroatoms. The summed E-state index contributed by atoms with van der Waals surface area (Å²) in [5, 5.41) is 7.67. The quantitative estimate of drug-likeness (QED) is 0.869. The molecule has 0 aliphatic rings. The van der Waals surface area contributed by atoms with Crippen LogP contribution in [0.1, 0.15) is 24.1 Å². The van der Waals surface area contributed by atoms with Crippen LogP contribution in [-0.4, -0.2) is 16.3 Å². The minimum absolute atomic E-state index is 0.431. The Kier molecular flexibility index (Phi) is 3.55. The molecule has 1 atom stereocenters. The summed E-state index contributed by atoms with van der Waals surface area (Å²) < 4.78 is 1.79. The van der Waals surface area contributed by atoms with E-state index in [1.165, 1.54) is 5.56 Å². The van der Waals surface area contributed by atoms with Gasteiger partial charge in [-0.2, -0.15) is 5.10 Å². The molecule has 0 radical (unpaired) electrons. The summed E-state index contributed by atoms with van der Waals surface area (Å²) in [5.74, 6) is 1.33. The highest BCUT2D eigenvalue weighted by Crippen LogP contribution is 2.22. The van der Waals surface area contributed by atoms with Crippen molar-refractivity contribution < 1.29 is 0 Å². The molecule has 1 aromatic carbocycles. The van der Waals surface area contributed by atoms with Crippen LogP contribution < -0.4 is 11.1 Å². The SMILES string of the molecule is Cc1nn(C)c(NCC(C)c2ccccc2)c1N. The van der Waals surface area contributed by atoms with Crippen LogP contribution >= 0.6 is 0 Å². The Labute approximate surface area is 108 Å². The minimum Gasteiger partial charge on any atom is -0.394 e. The predicted molar refractivity (Wildman–Crippen MR) is 75.7 cm³/mol. The van der Waals surface area contributed by atoms with E-state index in [-0.39, 0.29) is 0 Å². The van der Waals surface area contributed by atoms with Crippen LogP contribution in [0.4, 0.5) is 11.5 Å². The van der Waals surface area contributed by atoms with Crippen molar-refractivity contribution in [2.75, 3.05) is 17.6 Å². The Hall–Kier alpha value is -1.97. The van der Waals surface area contributed by atoms with Gasteiger partial charge in [-0.3, -0.25) is 4.68 Å². The zero-order chi connectivity index (χ0) is 13.1. The van der Waals surface area contributed by atoms with E-state index >= 15 is 0 Å². The number of nitrogen functional groups attached to an aromatic ring is 1. The molecule has 2 aromatic rings. The van der Waals surface area contributed by atoms with Gasteiger partial charge in [-0.1, -0.05) is 37.3 Å². The first-order valence-electron chi connectivity index (χ1n) is 6.17. The molecule has 1 heterocycles. The van der Waals surface area contributed by atoms with Crippen molar-refractivity contribution in [2.45, 2.75) is 19.8 Å². The molecule has 0 bridgehead atoms. The standard InChI is InChI=1S/C14H20N4/c1-10(12-7-5-4-6-8-12)9-16-14-13(15)11(2)17-18(14)3/h4-8,10,16H,9,15H2,1-3H3. The lowest BCUT2D eigenvalue weighted by molar-refractivity contribution is 0.740. The van der Waals surface area contributed by atoms with Crippen molar-refractivity contribution in [2.24, 2.45) is 7.05 Å². The average molecular weight is 244 g/mol. The Morgan fingerprint density at radius 1 is 1.33 bits per heavy atom. The van der Waals surface area contributed by atoms with Crippen LogP contribution in [0.15, 0.2) is 30.3 Å². The van der Waals surface area contributed by atoms with E-state index < -0.39 is 0 Å². The van der Waals surface area contributed by atoms with Gasteiger partial charge in [0.2, 0.25) is 0 Å². The molecule has 18 heavy (non-hydrogen) atoms. The number of hydrogen-bond donors (Lipinski definition) is 2. The van der Waals surface area contributed by atoms with Crippen LogP contribution in [-0.2, 0) is 7.05 Å². The minimum atomic E-state index is 0.431. The first-order chi connectivity index (χ1) is 8.59. The van der Waals surface area contributed by atoms with E-state index in [1.54, 1.807) is 4.68 Å². The second kappa shape index (κ2) is 5.12. The van der Waals surface area contributed by atoms with Crippen molar-refractivity contribution in [3.8, 4) is 0 Å². The molecule has 0 aliphatic carbocycles. The Morgan fingerprint density at radius 2 is 2.00 bits per heavy atom. The molecular formula is C14H20N4. The third-order valence-corrected chi connectivity index (χ3v) is 3.21.